The van der Waals surface area contributed by atoms with E-state index in [2.05, 4.69) is 15.2 Å². The molecule has 8 heteroatoms. The van der Waals surface area contributed by atoms with Crippen LogP contribution in [-0.2, 0) is 6.54 Å². The summed E-state index contributed by atoms with van der Waals surface area (Å²) in [5, 5.41) is 2.89. The molecule has 3 amide bonds. The highest BCUT2D eigenvalue weighted by Crippen LogP contribution is 2.30. The van der Waals surface area contributed by atoms with E-state index in [1.54, 1.807) is 36.5 Å². The van der Waals surface area contributed by atoms with Crippen LogP contribution >= 0.6 is 0 Å². The molecule has 3 aromatic rings. The van der Waals surface area contributed by atoms with Crippen molar-refractivity contribution in [2.45, 2.75) is 39.2 Å². The lowest BCUT2D eigenvalue weighted by Crippen LogP contribution is -2.29. The molecular formula is C29H30N4O4. The molecule has 0 radical (unpaired) electrons. The summed E-state index contributed by atoms with van der Waals surface area (Å²) in [6.45, 7) is 4.78. The summed E-state index contributed by atoms with van der Waals surface area (Å²) in [6.07, 6.45) is 6.70. The Morgan fingerprint density at radius 1 is 0.919 bits per heavy atom. The number of rotatable bonds is 7. The summed E-state index contributed by atoms with van der Waals surface area (Å²) >= 11 is 0. The maximum Gasteiger partial charge on any atom is 0.266 e. The Morgan fingerprint density at radius 3 is 2.32 bits per heavy atom. The van der Waals surface area contributed by atoms with E-state index >= 15 is 0 Å². The number of amides is 3. The predicted molar refractivity (Wildman–Crippen MR) is 141 cm³/mol. The molecule has 1 N–H and O–H groups in total. The fraction of sp³-hybridized carbons (Fsp3) is 0.310. The second-order valence-corrected chi connectivity index (χ2v) is 9.24. The molecule has 37 heavy (non-hydrogen) atoms. The van der Waals surface area contributed by atoms with Crippen molar-refractivity contribution >= 4 is 29.2 Å². The molecular weight excluding hydrogens is 468 g/mol. The van der Waals surface area contributed by atoms with E-state index in [-0.39, 0.29) is 17.0 Å². The predicted octanol–water partition coefficient (Wildman–Crippen LogP) is 4.59. The van der Waals surface area contributed by atoms with Gasteiger partial charge in [-0.05, 0) is 73.9 Å². The summed E-state index contributed by atoms with van der Waals surface area (Å²) in [5.41, 5.74) is 2.17. The van der Waals surface area contributed by atoms with Gasteiger partial charge in [-0.15, -0.1) is 0 Å². The normalized spacial score (nSPS) is 15.4. The third-order valence-corrected chi connectivity index (χ3v) is 6.75. The zero-order chi connectivity index (χ0) is 25.8. The lowest BCUT2D eigenvalue weighted by molar-refractivity contribution is 0.0923. The summed E-state index contributed by atoms with van der Waals surface area (Å²) in [6, 6.07) is 15.4. The van der Waals surface area contributed by atoms with Crippen LogP contribution in [-0.4, -0.2) is 42.4 Å². The number of imide groups is 1. The van der Waals surface area contributed by atoms with Crippen LogP contribution in [0.5, 0.6) is 5.75 Å². The first kappa shape index (κ1) is 24.5. The second kappa shape index (κ2) is 10.8. The Hall–Kier alpha value is -4.20. The van der Waals surface area contributed by atoms with Crippen molar-refractivity contribution in [1.82, 2.24) is 10.3 Å². The van der Waals surface area contributed by atoms with E-state index < -0.39 is 11.8 Å². The van der Waals surface area contributed by atoms with E-state index in [9.17, 15) is 14.4 Å². The molecule has 1 saturated heterocycles. The molecule has 0 bridgehead atoms. The van der Waals surface area contributed by atoms with Gasteiger partial charge >= 0.3 is 0 Å². The first-order valence-corrected chi connectivity index (χ1v) is 12.8. The fourth-order valence-corrected chi connectivity index (χ4v) is 4.77. The molecule has 0 spiro atoms. The summed E-state index contributed by atoms with van der Waals surface area (Å²) in [7, 11) is 0. The van der Waals surface area contributed by atoms with Gasteiger partial charge in [-0.1, -0.05) is 18.9 Å². The van der Waals surface area contributed by atoms with Crippen LogP contribution in [0.1, 0.15) is 69.2 Å². The fourth-order valence-electron chi connectivity index (χ4n) is 4.77. The number of aromatic nitrogens is 1. The van der Waals surface area contributed by atoms with Gasteiger partial charge in [-0.25, -0.2) is 9.88 Å². The van der Waals surface area contributed by atoms with E-state index in [4.69, 9.17) is 4.74 Å². The molecule has 2 aliphatic rings. The number of fused-ring (bicyclic) bond motifs is 1. The van der Waals surface area contributed by atoms with Crippen LogP contribution in [0.2, 0.25) is 0 Å². The lowest BCUT2D eigenvalue weighted by Gasteiger charge is -2.21. The highest BCUT2D eigenvalue weighted by molar-refractivity contribution is 6.34. The number of nitrogens with one attached hydrogen (secondary N) is 1. The Balaban J connectivity index is 1.24. The Labute approximate surface area is 216 Å². The van der Waals surface area contributed by atoms with E-state index in [0.717, 1.165) is 29.4 Å². The number of pyridine rings is 1. The van der Waals surface area contributed by atoms with E-state index in [1.165, 1.54) is 37.8 Å². The molecule has 8 nitrogen and oxygen atoms in total. The van der Waals surface area contributed by atoms with Crippen LogP contribution in [0.3, 0.4) is 0 Å². The molecule has 5 rings (SSSR count). The average Bonchev–Trinajstić information content (AvgIpc) is 3.09. The molecule has 0 atom stereocenters. The van der Waals surface area contributed by atoms with Crippen LogP contribution in [0, 0.1) is 0 Å². The van der Waals surface area contributed by atoms with Crippen molar-refractivity contribution in [2.75, 3.05) is 29.5 Å². The van der Waals surface area contributed by atoms with Gasteiger partial charge in [-0.2, -0.15) is 0 Å². The smallest absolute Gasteiger partial charge is 0.266 e. The number of benzene rings is 2. The number of nitrogens with zero attached hydrogens (tertiary/aromatic N) is 3. The van der Waals surface area contributed by atoms with Crippen LogP contribution in [0.25, 0.3) is 0 Å². The van der Waals surface area contributed by atoms with Crippen molar-refractivity contribution in [3.8, 4) is 5.75 Å². The van der Waals surface area contributed by atoms with Crippen molar-refractivity contribution in [3.05, 3.63) is 83.0 Å². The largest absolute Gasteiger partial charge is 0.494 e. The number of carbonyl (C=O) groups excluding carboxylic acids is 3. The van der Waals surface area contributed by atoms with Gasteiger partial charge in [0.05, 0.1) is 23.4 Å². The van der Waals surface area contributed by atoms with Gasteiger partial charge in [0, 0.05) is 31.4 Å². The number of ether oxygens (including phenoxy) is 1. The van der Waals surface area contributed by atoms with Crippen LogP contribution in [0.15, 0.2) is 60.8 Å². The Morgan fingerprint density at radius 2 is 1.65 bits per heavy atom. The number of carbonyl (C=O) groups is 3. The summed E-state index contributed by atoms with van der Waals surface area (Å²) < 4.78 is 5.44. The van der Waals surface area contributed by atoms with E-state index in [0.29, 0.717) is 30.2 Å². The quantitative estimate of drug-likeness (QED) is 0.479. The molecule has 0 aliphatic carbocycles. The van der Waals surface area contributed by atoms with Crippen LogP contribution < -0.4 is 19.9 Å². The molecule has 2 aromatic carbocycles. The lowest BCUT2D eigenvalue weighted by atomic mass is 10.1. The van der Waals surface area contributed by atoms with Gasteiger partial charge in [0.15, 0.2) is 0 Å². The van der Waals surface area contributed by atoms with Crippen LogP contribution in [0.4, 0.5) is 11.5 Å². The van der Waals surface area contributed by atoms with Gasteiger partial charge in [-0.3, -0.25) is 14.4 Å². The SMILES string of the molecule is CCOc1ccc(N2C(=O)c3ccc(C(=O)NCc4ccc(N5CCCCCC5)nc4)cc3C2=O)cc1. The highest BCUT2D eigenvalue weighted by Gasteiger charge is 2.37. The molecule has 2 aliphatic heterocycles. The molecule has 0 saturated carbocycles. The van der Waals surface area contributed by atoms with Gasteiger partial charge in [0.25, 0.3) is 17.7 Å². The van der Waals surface area contributed by atoms with Gasteiger partial charge in [0.1, 0.15) is 11.6 Å². The molecule has 3 heterocycles. The van der Waals surface area contributed by atoms with Crippen molar-refractivity contribution in [1.29, 1.82) is 0 Å². The Bertz CT molecular complexity index is 1300. The molecule has 1 fully saturated rings. The minimum Gasteiger partial charge on any atom is -0.494 e. The second-order valence-electron chi connectivity index (χ2n) is 9.24. The third-order valence-electron chi connectivity index (χ3n) is 6.75. The third kappa shape index (κ3) is 5.18. The van der Waals surface area contributed by atoms with Crippen molar-refractivity contribution < 1.29 is 19.1 Å². The first-order valence-electron chi connectivity index (χ1n) is 12.8. The topological polar surface area (TPSA) is 91.8 Å². The maximum atomic E-state index is 13.1. The average molecular weight is 499 g/mol. The summed E-state index contributed by atoms with van der Waals surface area (Å²) in [5.74, 6) is 0.447. The molecule has 1 aromatic heterocycles. The minimum atomic E-state index is -0.452. The number of hydrogen-bond donors (Lipinski definition) is 1. The highest BCUT2D eigenvalue weighted by atomic mass is 16.5. The minimum absolute atomic E-state index is 0.218. The standard InChI is InChI=1S/C29H30N4O4/c1-2-37-23-11-9-22(10-12-23)33-28(35)24-13-8-21(17-25(24)29(33)36)27(34)31-19-20-7-14-26(30-18-20)32-15-5-3-4-6-16-32/h7-14,17-18H,2-6,15-16,19H2,1H3,(H,31,34). The van der Waals surface area contributed by atoms with Gasteiger partial charge < -0.3 is 15.0 Å². The van der Waals surface area contributed by atoms with Gasteiger partial charge in [0.2, 0.25) is 0 Å². The first-order chi connectivity index (χ1) is 18.0. The monoisotopic (exact) mass is 498 g/mol. The van der Waals surface area contributed by atoms with Crippen molar-refractivity contribution in [3.63, 3.8) is 0 Å². The van der Waals surface area contributed by atoms with E-state index in [1.807, 2.05) is 19.1 Å². The molecule has 190 valence electrons. The van der Waals surface area contributed by atoms with Crippen molar-refractivity contribution in [2.24, 2.45) is 0 Å². The zero-order valence-corrected chi connectivity index (χ0v) is 20.9. The maximum absolute atomic E-state index is 13.1. The number of anilines is 2. The number of hydrogen-bond acceptors (Lipinski definition) is 6. The molecule has 0 unspecified atom stereocenters. The zero-order valence-electron chi connectivity index (χ0n) is 20.9. The Kier molecular flexibility index (Phi) is 7.16. The summed E-state index contributed by atoms with van der Waals surface area (Å²) in [4.78, 5) is 46.9.